The number of piperidine rings is 1. The number of likely N-dealkylation sites (tertiary alicyclic amines) is 1. The van der Waals surface area contributed by atoms with Crippen molar-refractivity contribution in [3.63, 3.8) is 0 Å². The summed E-state index contributed by atoms with van der Waals surface area (Å²) in [7, 11) is 0. The Bertz CT molecular complexity index is 211. The summed E-state index contributed by atoms with van der Waals surface area (Å²) in [5, 5.41) is 0. The molecular weight excluding hydrogens is 164 g/mol. The second-order valence-corrected chi connectivity index (χ2v) is 4.07. The number of isocyanates is 1. The molecule has 2 rings (SSSR count). The maximum absolute atomic E-state index is 10.1. The van der Waals surface area contributed by atoms with E-state index in [0.717, 1.165) is 32.0 Å². The van der Waals surface area contributed by atoms with Gasteiger partial charge < -0.3 is 4.90 Å². The highest BCUT2D eigenvalue weighted by Gasteiger charge is 2.28. The lowest BCUT2D eigenvalue weighted by Gasteiger charge is -2.40. The maximum atomic E-state index is 10.1. The number of hydrogen-bond acceptors (Lipinski definition) is 3. The van der Waals surface area contributed by atoms with Gasteiger partial charge in [0.1, 0.15) is 0 Å². The van der Waals surface area contributed by atoms with Crippen LogP contribution < -0.4 is 0 Å². The van der Waals surface area contributed by atoms with Crippen LogP contribution >= 0.6 is 0 Å². The number of aliphatic imine (C=N–C) groups is 1. The molecule has 2 aliphatic rings. The van der Waals surface area contributed by atoms with Crippen LogP contribution in [-0.4, -0.2) is 36.2 Å². The molecule has 1 saturated heterocycles. The summed E-state index contributed by atoms with van der Waals surface area (Å²) in [6, 6.07) is 1.11. The molecule has 0 N–H and O–H groups in total. The molecule has 0 radical (unpaired) electrons. The van der Waals surface area contributed by atoms with E-state index in [1.807, 2.05) is 0 Å². The minimum Gasteiger partial charge on any atom is -0.300 e. The Kier molecular flexibility index (Phi) is 2.77. The third-order valence-electron chi connectivity index (χ3n) is 3.33. The quantitative estimate of drug-likeness (QED) is 0.474. The molecule has 1 saturated carbocycles. The predicted octanol–water partition coefficient (Wildman–Crippen LogP) is 1.34. The minimum absolute atomic E-state index is 0.258. The highest BCUT2D eigenvalue weighted by Crippen LogP contribution is 2.27. The molecule has 1 aliphatic carbocycles. The number of carbonyl (C=O) groups excluding carboxylic acids is 1. The Morgan fingerprint density at radius 3 is 2.31 bits per heavy atom. The van der Waals surface area contributed by atoms with Crippen LogP contribution in [0.4, 0.5) is 0 Å². The highest BCUT2D eigenvalue weighted by atomic mass is 16.1. The summed E-state index contributed by atoms with van der Waals surface area (Å²) < 4.78 is 0. The normalized spacial score (nSPS) is 26.5. The smallest absolute Gasteiger partial charge is 0.235 e. The van der Waals surface area contributed by atoms with E-state index in [4.69, 9.17) is 0 Å². The largest absolute Gasteiger partial charge is 0.300 e. The number of rotatable bonds is 2. The van der Waals surface area contributed by atoms with Gasteiger partial charge in [0.2, 0.25) is 6.08 Å². The molecule has 0 atom stereocenters. The topological polar surface area (TPSA) is 32.7 Å². The van der Waals surface area contributed by atoms with E-state index in [2.05, 4.69) is 9.89 Å². The predicted molar refractivity (Wildman–Crippen MR) is 50.4 cm³/mol. The highest BCUT2D eigenvalue weighted by molar-refractivity contribution is 5.33. The first-order valence-corrected chi connectivity index (χ1v) is 5.21. The molecule has 3 nitrogen and oxygen atoms in total. The van der Waals surface area contributed by atoms with Gasteiger partial charge >= 0.3 is 0 Å². The lowest BCUT2D eigenvalue weighted by Crippen LogP contribution is -2.45. The van der Waals surface area contributed by atoms with Crippen LogP contribution in [0.3, 0.4) is 0 Å². The van der Waals surface area contributed by atoms with E-state index in [0.29, 0.717) is 0 Å². The number of hydrogen-bond donors (Lipinski definition) is 0. The Morgan fingerprint density at radius 2 is 1.85 bits per heavy atom. The van der Waals surface area contributed by atoms with Crippen molar-refractivity contribution in [2.75, 3.05) is 13.1 Å². The lowest BCUT2D eigenvalue weighted by molar-refractivity contribution is 0.0986. The first-order valence-electron chi connectivity index (χ1n) is 5.21. The van der Waals surface area contributed by atoms with Crippen LogP contribution in [0, 0.1) is 0 Å². The van der Waals surface area contributed by atoms with Crippen LogP contribution in [0.5, 0.6) is 0 Å². The first kappa shape index (κ1) is 8.92. The molecule has 1 heterocycles. The summed E-state index contributed by atoms with van der Waals surface area (Å²) in [5.41, 5.74) is 0. The van der Waals surface area contributed by atoms with Gasteiger partial charge in [-0.15, -0.1) is 0 Å². The SMILES string of the molecule is O=C=NC1CCN(C2CCC2)CC1. The summed E-state index contributed by atoms with van der Waals surface area (Å²) >= 11 is 0. The standard InChI is InChI=1S/C10H16N2O/c13-8-11-9-4-6-12(7-5-9)10-2-1-3-10/h9-10H,1-7H2. The van der Waals surface area contributed by atoms with Crippen LogP contribution in [0.25, 0.3) is 0 Å². The molecule has 72 valence electrons. The average Bonchev–Trinajstić information content (AvgIpc) is 2.06. The van der Waals surface area contributed by atoms with Gasteiger partial charge in [-0.05, 0) is 25.7 Å². The van der Waals surface area contributed by atoms with Gasteiger partial charge in [-0.25, -0.2) is 9.79 Å². The molecule has 0 aromatic rings. The van der Waals surface area contributed by atoms with E-state index in [1.54, 1.807) is 6.08 Å². The van der Waals surface area contributed by atoms with Gasteiger partial charge in [-0.1, -0.05) is 6.42 Å². The molecule has 2 fully saturated rings. The first-order chi connectivity index (χ1) is 6.40. The monoisotopic (exact) mass is 180 g/mol. The molecule has 0 aromatic carbocycles. The van der Waals surface area contributed by atoms with Crippen molar-refractivity contribution in [3.05, 3.63) is 0 Å². The van der Waals surface area contributed by atoms with Gasteiger partial charge in [0.25, 0.3) is 0 Å². The molecule has 0 unspecified atom stereocenters. The Balaban J connectivity index is 1.78. The third kappa shape index (κ3) is 1.98. The summed E-state index contributed by atoms with van der Waals surface area (Å²) in [4.78, 5) is 16.4. The minimum atomic E-state index is 0.258. The fourth-order valence-electron chi connectivity index (χ4n) is 2.21. The Labute approximate surface area is 78.8 Å². The molecule has 0 spiro atoms. The molecule has 13 heavy (non-hydrogen) atoms. The van der Waals surface area contributed by atoms with Crippen molar-refractivity contribution in [1.29, 1.82) is 0 Å². The third-order valence-corrected chi connectivity index (χ3v) is 3.33. The van der Waals surface area contributed by atoms with Crippen molar-refractivity contribution < 1.29 is 4.79 Å². The molecule has 1 aliphatic heterocycles. The van der Waals surface area contributed by atoms with Crippen molar-refractivity contribution in [1.82, 2.24) is 4.90 Å². The Morgan fingerprint density at radius 1 is 1.15 bits per heavy atom. The van der Waals surface area contributed by atoms with Gasteiger partial charge in [0.15, 0.2) is 0 Å². The summed E-state index contributed by atoms with van der Waals surface area (Å²) in [5.74, 6) is 0. The summed E-state index contributed by atoms with van der Waals surface area (Å²) in [6.07, 6.45) is 7.91. The van der Waals surface area contributed by atoms with Crippen LogP contribution in [0.1, 0.15) is 32.1 Å². The van der Waals surface area contributed by atoms with Crippen molar-refractivity contribution >= 4 is 6.08 Å². The molecule has 3 heteroatoms. The zero-order valence-electron chi connectivity index (χ0n) is 7.91. The van der Waals surface area contributed by atoms with E-state index in [9.17, 15) is 4.79 Å². The van der Waals surface area contributed by atoms with E-state index in [1.165, 1.54) is 19.3 Å². The molecule has 0 bridgehead atoms. The van der Waals surface area contributed by atoms with Crippen LogP contribution in [0.2, 0.25) is 0 Å². The fourth-order valence-corrected chi connectivity index (χ4v) is 2.21. The van der Waals surface area contributed by atoms with Crippen molar-refractivity contribution in [2.45, 2.75) is 44.2 Å². The van der Waals surface area contributed by atoms with Crippen LogP contribution in [-0.2, 0) is 4.79 Å². The maximum Gasteiger partial charge on any atom is 0.235 e. The van der Waals surface area contributed by atoms with E-state index < -0.39 is 0 Å². The van der Waals surface area contributed by atoms with Gasteiger partial charge in [-0.2, -0.15) is 0 Å². The molecule has 0 aromatic heterocycles. The molecular formula is C10H16N2O. The van der Waals surface area contributed by atoms with Gasteiger partial charge in [0.05, 0.1) is 6.04 Å². The Hall–Kier alpha value is -0.660. The fraction of sp³-hybridized carbons (Fsp3) is 0.900. The number of nitrogens with zero attached hydrogens (tertiary/aromatic N) is 2. The van der Waals surface area contributed by atoms with E-state index in [-0.39, 0.29) is 6.04 Å². The summed E-state index contributed by atoms with van der Waals surface area (Å²) in [6.45, 7) is 2.25. The molecule has 0 amide bonds. The van der Waals surface area contributed by atoms with Crippen molar-refractivity contribution in [2.24, 2.45) is 4.99 Å². The van der Waals surface area contributed by atoms with Gasteiger partial charge in [-0.3, -0.25) is 0 Å². The van der Waals surface area contributed by atoms with E-state index >= 15 is 0 Å². The second kappa shape index (κ2) is 4.03. The van der Waals surface area contributed by atoms with Gasteiger partial charge in [0, 0.05) is 19.1 Å². The van der Waals surface area contributed by atoms with Crippen molar-refractivity contribution in [3.8, 4) is 0 Å². The second-order valence-electron chi connectivity index (χ2n) is 4.07. The zero-order valence-corrected chi connectivity index (χ0v) is 7.91. The average molecular weight is 180 g/mol. The lowest BCUT2D eigenvalue weighted by atomic mass is 9.89. The van der Waals surface area contributed by atoms with Crippen LogP contribution in [0.15, 0.2) is 4.99 Å². The zero-order chi connectivity index (χ0) is 9.10.